The van der Waals surface area contributed by atoms with E-state index in [-0.39, 0.29) is 0 Å². The summed E-state index contributed by atoms with van der Waals surface area (Å²) in [6.07, 6.45) is 14.2. The summed E-state index contributed by atoms with van der Waals surface area (Å²) in [6.45, 7) is 6.93. The van der Waals surface area contributed by atoms with Crippen LogP contribution in [0.3, 0.4) is 0 Å². The molecule has 2 nitrogen and oxygen atoms in total. The van der Waals surface area contributed by atoms with E-state index in [1.165, 1.54) is 56.9 Å². The highest BCUT2D eigenvalue weighted by Crippen LogP contribution is 2.34. The first-order valence-electron chi connectivity index (χ1n) is 7.50. The molecule has 0 aliphatic rings. The van der Waals surface area contributed by atoms with Crippen molar-refractivity contribution in [3.8, 4) is 0 Å². The maximum atomic E-state index is 4.05. The molecule has 0 bridgehead atoms. The minimum absolute atomic E-state index is 0.291. The lowest BCUT2D eigenvalue weighted by molar-refractivity contribution is 0.367. The average molecular weight is 248 g/mol. The summed E-state index contributed by atoms with van der Waals surface area (Å²) >= 11 is 0. The van der Waals surface area contributed by atoms with Crippen molar-refractivity contribution in [2.45, 2.75) is 77.6 Å². The first-order chi connectivity index (χ1) is 8.73. The summed E-state index contributed by atoms with van der Waals surface area (Å²) in [5.41, 5.74) is 1.65. The normalized spacial score (nSPS) is 14.4. The quantitative estimate of drug-likeness (QED) is 0.581. The SMILES string of the molecule is CCCCCCC(C)(CCCC)c1ccnnc1. The Bertz CT molecular complexity index is 310. The van der Waals surface area contributed by atoms with Gasteiger partial charge in [-0.2, -0.15) is 10.2 Å². The molecular formula is C16H28N2. The van der Waals surface area contributed by atoms with Gasteiger partial charge in [-0.3, -0.25) is 0 Å². The standard InChI is InChI=1S/C16H28N2/c1-4-6-8-9-12-16(3,11-7-5-2)15-10-13-17-18-14-15/h10,13-14H,4-9,11-12H2,1-3H3. The van der Waals surface area contributed by atoms with E-state index in [2.05, 4.69) is 37.0 Å². The van der Waals surface area contributed by atoms with Crippen molar-refractivity contribution in [3.05, 3.63) is 24.0 Å². The van der Waals surface area contributed by atoms with Crippen molar-refractivity contribution in [1.29, 1.82) is 0 Å². The Labute approximate surface area is 112 Å². The Hall–Kier alpha value is -0.920. The van der Waals surface area contributed by atoms with Gasteiger partial charge < -0.3 is 0 Å². The molecule has 0 aliphatic carbocycles. The predicted molar refractivity (Wildman–Crippen MR) is 77.7 cm³/mol. The van der Waals surface area contributed by atoms with Crippen LogP contribution in [0, 0.1) is 0 Å². The third-order valence-corrected chi connectivity index (χ3v) is 3.95. The smallest absolute Gasteiger partial charge is 0.0533 e. The molecule has 2 heteroatoms. The number of nitrogens with zero attached hydrogens (tertiary/aromatic N) is 2. The maximum absolute atomic E-state index is 4.05. The van der Waals surface area contributed by atoms with Crippen LogP contribution in [0.4, 0.5) is 0 Å². The minimum Gasteiger partial charge on any atom is -0.159 e. The molecule has 0 spiro atoms. The van der Waals surface area contributed by atoms with Crippen LogP contribution in [0.1, 0.15) is 77.7 Å². The van der Waals surface area contributed by atoms with Crippen molar-refractivity contribution < 1.29 is 0 Å². The van der Waals surface area contributed by atoms with Gasteiger partial charge in [-0.15, -0.1) is 0 Å². The van der Waals surface area contributed by atoms with Gasteiger partial charge in [0.05, 0.1) is 6.20 Å². The number of unbranched alkanes of at least 4 members (excludes halogenated alkanes) is 4. The molecule has 0 aliphatic heterocycles. The molecule has 18 heavy (non-hydrogen) atoms. The molecule has 1 atom stereocenters. The molecule has 0 saturated heterocycles. The van der Waals surface area contributed by atoms with Gasteiger partial charge in [-0.25, -0.2) is 0 Å². The van der Waals surface area contributed by atoms with E-state index in [4.69, 9.17) is 0 Å². The molecule has 1 unspecified atom stereocenters. The fraction of sp³-hybridized carbons (Fsp3) is 0.750. The van der Waals surface area contributed by atoms with E-state index >= 15 is 0 Å². The zero-order valence-electron chi connectivity index (χ0n) is 12.3. The van der Waals surface area contributed by atoms with Gasteiger partial charge in [0.1, 0.15) is 0 Å². The van der Waals surface area contributed by atoms with Gasteiger partial charge in [-0.05, 0) is 29.9 Å². The highest BCUT2D eigenvalue weighted by Gasteiger charge is 2.25. The van der Waals surface area contributed by atoms with Gasteiger partial charge in [0.2, 0.25) is 0 Å². The Kier molecular flexibility index (Phi) is 6.92. The molecule has 0 saturated carbocycles. The van der Waals surface area contributed by atoms with Crippen LogP contribution in [0.2, 0.25) is 0 Å². The molecule has 1 rings (SSSR count). The number of rotatable bonds is 9. The van der Waals surface area contributed by atoms with Gasteiger partial charge in [-0.1, -0.05) is 59.3 Å². The highest BCUT2D eigenvalue weighted by atomic mass is 15.1. The zero-order chi connectivity index (χ0) is 13.3. The first kappa shape index (κ1) is 15.1. The van der Waals surface area contributed by atoms with E-state index in [9.17, 15) is 0 Å². The van der Waals surface area contributed by atoms with Gasteiger partial charge in [0.15, 0.2) is 0 Å². The summed E-state index contributed by atoms with van der Waals surface area (Å²) in [4.78, 5) is 0. The monoisotopic (exact) mass is 248 g/mol. The fourth-order valence-electron chi connectivity index (χ4n) is 2.57. The Morgan fingerprint density at radius 2 is 1.67 bits per heavy atom. The zero-order valence-corrected chi connectivity index (χ0v) is 12.3. The molecule has 0 radical (unpaired) electrons. The van der Waals surface area contributed by atoms with Crippen LogP contribution in [0.5, 0.6) is 0 Å². The number of hydrogen-bond acceptors (Lipinski definition) is 2. The third kappa shape index (κ3) is 4.75. The number of hydrogen-bond donors (Lipinski definition) is 0. The van der Waals surface area contributed by atoms with Crippen LogP contribution < -0.4 is 0 Å². The molecule has 1 aromatic rings. The number of aromatic nitrogens is 2. The van der Waals surface area contributed by atoms with E-state index < -0.39 is 0 Å². The van der Waals surface area contributed by atoms with Crippen molar-refractivity contribution in [2.75, 3.05) is 0 Å². The van der Waals surface area contributed by atoms with Gasteiger partial charge in [0, 0.05) is 6.20 Å². The molecule has 0 fully saturated rings. The van der Waals surface area contributed by atoms with Crippen LogP contribution in [0.25, 0.3) is 0 Å². The average Bonchev–Trinajstić information content (AvgIpc) is 2.42. The Morgan fingerprint density at radius 3 is 2.28 bits per heavy atom. The highest BCUT2D eigenvalue weighted by molar-refractivity contribution is 5.18. The van der Waals surface area contributed by atoms with Crippen LogP contribution in [-0.2, 0) is 5.41 Å². The summed E-state index contributed by atoms with van der Waals surface area (Å²) in [5, 5.41) is 7.95. The van der Waals surface area contributed by atoms with Crippen molar-refractivity contribution in [2.24, 2.45) is 0 Å². The summed E-state index contributed by atoms with van der Waals surface area (Å²) in [7, 11) is 0. The molecule has 0 aromatic carbocycles. The second-order valence-corrected chi connectivity index (χ2v) is 5.61. The van der Waals surface area contributed by atoms with Crippen molar-refractivity contribution in [3.63, 3.8) is 0 Å². The fourth-order valence-corrected chi connectivity index (χ4v) is 2.57. The molecule has 1 heterocycles. The van der Waals surface area contributed by atoms with Crippen LogP contribution in [0.15, 0.2) is 18.5 Å². The van der Waals surface area contributed by atoms with E-state index in [1.807, 2.05) is 12.4 Å². The molecular weight excluding hydrogens is 220 g/mol. The minimum atomic E-state index is 0.291. The summed E-state index contributed by atoms with van der Waals surface area (Å²) in [5.74, 6) is 0. The molecule has 0 N–H and O–H groups in total. The summed E-state index contributed by atoms with van der Waals surface area (Å²) in [6, 6.07) is 2.14. The first-order valence-corrected chi connectivity index (χ1v) is 7.50. The second kappa shape index (κ2) is 8.23. The largest absolute Gasteiger partial charge is 0.159 e. The second-order valence-electron chi connectivity index (χ2n) is 5.61. The van der Waals surface area contributed by atoms with Crippen LogP contribution >= 0.6 is 0 Å². The van der Waals surface area contributed by atoms with Gasteiger partial charge >= 0.3 is 0 Å². The lowest BCUT2D eigenvalue weighted by atomic mass is 9.75. The lowest BCUT2D eigenvalue weighted by Crippen LogP contribution is -2.22. The maximum Gasteiger partial charge on any atom is 0.0533 e. The summed E-state index contributed by atoms with van der Waals surface area (Å²) < 4.78 is 0. The van der Waals surface area contributed by atoms with Crippen molar-refractivity contribution in [1.82, 2.24) is 10.2 Å². The predicted octanol–water partition coefficient (Wildman–Crippen LogP) is 4.89. The third-order valence-electron chi connectivity index (χ3n) is 3.95. The van der Waals surface area contributed by atoms with E-state index in [1.54, 1.807) is 0 Å². The van der Waals surface area contributed by atoms with Crippen molar-refractivity contribution >= 4 is 0 Å². The van der Waals surface area contributed by atoms with Gasteiger partial charge in [0.25, 0.3) is 0 Å². The topological polar surface area (TPSA) is 25.8 Å². The molecule has 102 valence electrons. The van der Waals surface area contributed by atoms with E-state index in [0.29, 0.717) is 5.41 Å². The Morgan fingerprint density at radius 1 is 0.944 bits per heavy atom. The molecule has 1 aromatic heterocycles. The van der Waals surface area contributed by atoms with Crippen LogP contribution in [-0.4, -0.2) is 10.2 Å². The Balaban J connectivity index is 2.63. The lowest BCUT2D eigenvalue weighted by Gasteiger charge is -2.30. The van der Waals surface area contributed by atoms with E-state index in [0.717, 1.165) is 0 Å². The molecule has 0 amide bonds.